The van der Waals surface area contributed by atoms with Gasteiger partial charge in [-0.15, -0.1) is 12.4 Å². The normalized spacial score (nSPS) is 30.3. The Morgan fingerprint density at radius 1 is 1.13 bits per heavy atom. The predicted molar refractivity (Wildman–Crippen MR) is 92.5 cm³/mol. The van der Waals surface area contributed by atoms with Gasteiger partial charge in [0.2, 0.25) is 11.8 Å². The molecule has 1 unspecified atom stereocenters. The molecule has 0 aromatic carbocycles. The van der Waals surface area contributed by atoms with Crippen LogP contribution in [0, 0.1) is 17.3 Å². The summed E-state index contributed by atoms with van der Waals surface area (Å²) >= 11 is 0. The molecule has 0 aromatic rings. The molecule has 5 nitrogen and oxygen atoms in total. The van der Waals surface area contributed by atoms with Crippen molar-refractivity contribution in [3.8, 4) is 0 Å². The molecule has 3 fully saturated rings. The lowest BCUT2D eigenvalue weighted by molar-refractivity contribution is -0.144. The van der Waals surface area contributed by atoms with Crippen molar-refractivity contribution in [3.63, 3.8) is 0 Å². The third kappa shape index (κ3) is 4.00. The van der Waals surface area contributed by atoms with E-state index in [1.54, 1.807) is 0 Å². The fourth-order valence-electron chi connectivity index (χ4n) is 4.12. The Morgan fingerprint density at radius 3 is 2.30 bits per heavy atom. The first-order chi connectivity index (χ1) is 10.3. The maximum atomic E-state index is 12.9. The fourth-order valence-corrected chi connectivity index (χ4v) is 4.12. The van der Waals surface area contributed by atoms with Crippen LogP contribution in [0.1, 0.15) is 40.0 Å². The number of rotatable bonds is 2. The van der Waals surface area contributed by atoms with Gasteiger partial charge < -0.3 is 15.1 Å². The summed E-state index contributed by atoms with van der Waals surface area (Å²) in [4.78, 5) is 29.3. The van der Waals surface area contributed by atoms with Crippen molar-refractivity contribution < 1.29 is 9.59 Å². The highest BCUT2D eigenvalue weighted by atomic mass is 35.5. The minimum absolute atomic E-state index is 0. The average molecular weight is 344 g/mol. The fraction of sp³-hybridized carbons (Fsp3) is 0.882. The molecule has 2 amide bonds. The molecule has 3 saturated heterocycles. The number of carbonyl (C=O) groups excluding carboxylic acids is 2. The van der Waals surface area contributed by atoms with Gasteiger partial charge >= 0.3 is 0 Å². The number of nitrogens with one attached hydrogen (secondary N) is 1. The summed E-state index contributed by atoms with van der Waals surface area (Å²) in [6.07, 6.45) is 2.30. The summed E-state index contributed by atoms with van der Waals surface area (Å²) in [5.74, 6) is 1.56. The van der Waals surface area contributed by atoms with Crippen molar-refractivity contribution in [2.24, 2.45) is 17.3 Å². The maximum Gasteiger partial charge on any atom is 0.245 e. The summed E-state index contributed by atoms with van der Waals surface area (Å²) in [5.41, 5.74) is -0.0242. The molecule has 3 aliphatic heterocycles. The van der Waals surface area contributed by atoms with Crippen molar-refractivity contribution in [2.45, 2.75) is 46.1 Å². The van der Waals surface area contributed by atoms with Gasteiger partial charge in [0.25, 0.3) is 0 Å². The van der Waals surface area contributed by atoms with Crippen molar-refractivity contribution >= 4 is 24.2 Å². The van der Waals surface area contributed by atoms with Gasteiger partial charge in [-0.05, 0) is 30.1 Å². The summed E-state index contributed by atoms with van der Waals surface area (Å²) in [6.45, 7) is 10.8. The Balaban J connectivity index is 0.00000192. The van der Waals surface area contributed by atoms with Crippen molar-refractivity contribution in [1.82, 2.24) is 15.1 Å². The van der Waals surface area contributed by atoms with Crippen LogP contribution in [-0.2, 0) is 9.59 Å². The van der Waals surface area contributed by atoms with Crippen molar-refractivity contribution in [2.75, 3.05) is 32.7 Å². The molecule has 23 heavy (non-hydrogen) atoms. The number of fused-ring (bicyclic) bond motifs is 1. The smallest absolute Gasteiger partial charge is 0.245 e. The topological polar surface area (TPSA) is 52.7 Å². The largest absolute Gasteiger partial charge is 0.340 e. The van der Waals surface area contributed by atoms with Crippen LogP contribution in [0.3, 0.4) is 0 Å². The van der Waals surface area contributed by atoms with Gasteiger partial charge in [-0.2, -0.15) is 0 Å². The van der Waals surface area contributed by atoms with Gasteiger partial charge in [0.05, 0.1) is 0 Å². The van der Waals surface area contributed by atoms with E-state index in [9.17, 15) is 9.59 Å². The van der Waals surface area contributed by atoms with Crippen LogP contribution >= 0.6 is 12.4 Å². The first kappa shape index (κ1) is 18.5. The summed E-state index contributed by atoms with van der Waals surface area (Å²) in [5, 5.41) is 3.40. The third-order valence-electron chi connectivity index (χ3n) is 5.24. The Bertz CT molecular complexity index is 451. The molecule has 0 radical (unpaired) electrons. The van der Waals surface area contributed by atoms with E-state index in [1.165, 1.54) is 0 Å². The average Bonchev–Trinajstić information content (AvgIpc) is 3.10. The van der Waals surface area contributed by atoms with Crippen LogP contribution in [0.5, 0.6) is 0 Å². The minimum Gasteiger partial charge on any atom is -0.340 e. The van der Waals surface area contributed by atoms with Crippen LogP contribution in [0.15, 0.2) is 0 Å². The second kappa shape index (κ2) is 6.98. The summed E-state index contributed by atoms with van der Waals surface area (Å²) in [7, 11) is 0. The van der Waals surface area contributed by atoms with Gasteiger partial charge in [-0.1, -0.05) is 20.8 Å². The molecule has 3 heterocycles. The monoisotopic (exact) mass is 343 g/mol. The molecular weight excluding hydrogens is 314 g/mol. The Morgan fingerprint density at radius 2 is 1.74 bits per heavy atom. The van der Waals surface area contributed by atoms with E-state index < -0.39 is 0 Å². The van der Waals surface area contributed by atoms with E-state index in [-0.39, 0.29) is 35.7 Å². The Hall–Kier alpha value is -0.810. The van der Waals surface area contributed by atoms with Gasteiger partial charge in [0.15, 0.2) is 0 Å². The predicted octanol–water partition coefficient (Wildman–Crippen LogP) is 1.51. The molecular formula is C17H30ClN3O2. The zero-order valence-electron chi connectivity index (χ0n) is 14.5. The van der Waals surface area contributed by atoms with Crippen molar-refractivity contribution in [3.05, 3.63) is 0 Å². The molecule has 0 bridgehead atoms. The van der Waals surface area contributed by atoms with Crippen LogP contribution in [-0.4, -0.2) is 60.4 Å². The molecule has 0 saturated carbocycles. The number of halogens is 1. The molecule has 6 heteroatoms. The van der Waals surface area contributed by atoms with E-state index in [0.717, 1.165) is 45.6 Å². The summed E-state index contributed by atoms with van der Waals surface area (Å²) in [6, 6.07) is -0.207. The zero-order valence-corrected chi connectivity index (χ0v) is 15.3. The highest BCUT2D eigenvalue weighted by Crippen LogP contribution is 2.30. The van der Waals surface area contributed by atoms with E-state index in [4.69, 9.17) is 0 Å². The molecule has 3 aliphatic rings. The number of hydrogen-bond acceptors (Lipinski definition) is 3. The molecule has 0 aliphatic carbocycles. The second-order valence-corrected chi connectivity index (χ2v) is 8.40. The van der Waals surface area contributed by atoms with Gasteiger partial charge in [-0.3, -0.25) is 9.59 Å². The lowest BCUT2D eigenvalue weighted by atomic mass is 9.91. The number of nitrogens with zero attached hydrogens (tertiary/aromatic N) is 2. The Labute approximate surface area is 145 Å². The SMILES string of the molecule is CC(C)(C)CC(=O)N1CCCC1C(=O)N1C[C@H]2CNC[C@H]2C1.Cl. The molecule has 3 atom stereocenters. The van der Waals surface area contributed by atoms with Gasteiger partial charge in [0.1, 0.15) is 6.04 Å². The molecule has 132 valence electrons. The molecule has 0 aromatic heterocycles. The number of likely N-dealkylation sites (tertiary alicyclic amines) is 2. The first-order valence-corrected chi connectivity index (χ1v) is 8.64. The van der Waals surface area contributed by atoms with E-state index >= 15 is 0 Å². The first-order valence-electron chi connectivity index (χ1n) is 8.64. The van der Waals surface area contributed by atoms with E-state index in [2.05, 4.69) is 26.1 Å². The molecule has 1 N–H and O–H groups in total. The van der Waals surface area contributed by atoms with Crippen LogP contribution < -0.4 is 5.32 Å². The van der Waals surface area contributed by atoms with Crippen LogP contribution in [0.4, 0.5) is 0 Å². The van der Waals surface area contributed by atoms with Crippen LogP contribution in [0.25, 0.3) is 0 Å². The summed E-state index contributed by atoms with van der Waals surface area (Å²) < 4.78 is 0. The standard InChI is InChI=1S/C17H29N3O2.ClH/c1-17(2,3)7-15(21)20-6-4-5-14(20)16(22)19-10-12-8-18-9-13(12)11-19;/h12-14,18H,4-11H2,1-3H3;1H/t12-,13+,14?;. The quantitative estimate of drug-likeness (QED) is 0.827. The number of amides is 2. The lowest BCUT2D eigenvalue weighted by Crippen LogP contribution is -2.48. The lowest BCUT2D eigenvalue weighted by Gasteiger charge is -2.30. The maximum absolute atomic E-state index is 12.9. The third-order valence-corrected chi connectivity index (χ3v) is 5.24. The Kier molecular flexibility index (Phi) is 5.62. The van der Waals surface area contributed by atoms with Gasteiger partial charge in [-0.25, -0.2) is 0 Å². The zero-order chi connectivity index (χ0) is 15.9. The van der Waals surface area contributed by atoms with Gasteiger partial charge in [0, 0.05) is 39.1 Å². The second-order valence-electron chi connectivity index (χ2n) is 8.40. The number of hydrogen-bond donors (Lipinski definition) is 1. The highest BCUT2D eigenvalue weighted by molar-refractivity contribution is 5.88. The minimum atomic E-state index is -0.207. The van der Waals surface area contributed by atoms with E-state index in [0.29, 0.717) is 18.3 Å². The number of carbonyl (C=O) groups is 2. The molecule has 3 rings (SSSR count). The van der Waals surface area contributed by atoms with Crippen molar-refractivity contribution in [1.29, 1.82) is 0 Å². The van der Waals surface area contributed by atoms with Crippen LogP contribution in [0.2, 0.25) is 0 Å². The molecule has 0 spiro atoms. The highest BCUT2D eigenvalue weighted by Gasteiger charge is 2.43. The van der Waals surface area contributed by atoms with E-state index in [1.807, 2.05) is 9.80 Å².